The Morgan fingerprint density at radius 3 is 2.85 bits per heavy atom. The second-order valence-corrected chi connectivity index (χ2v) is 7.47. The summed E-state index contributed by atoms with van der Waals surface area (Å²) in [5, 5.41) is 8.92. The minimum absolute atomic E-state index is 0.0615. The predicted octanol–water partition coefficient (Wildman–Crippen LogP) is 4.40. The summed E-state index contributed by atoms with van der Waals surface area (Å²) in [5.74, 6) is 1.77. The van der Waals surface area contributed by atoms with E-state index in [2.05, 4.69) is 15.5 Å². The Morgan fingerprint density at radius 2 is 2.11 bits per heavy atom. The van der Waals surface area contributed by atoms with Gasteiger partial charge in [0.1, 0.15) is 5.75 Å². The normalized spacial score (nSPS) is 12.1. The number of carbonyl (C=O) groups excluding carboxylic acids is 1. The lowest BCUT2D eigenvalue weighted by atomic mass is 10.1. The van der Waals surface area contributed by atoms with Gasteiger partial charge in [0.05, 0.1) is 17.0 Å². The molecule has 142 valence electrons. The third kappa shape index (κ3) is 5.40. The molecule has 7 heteroatoms. The first-order valence-corrected chi connectivity index (χ1v) is 9.81. The van der Waals surface area contributed by atoms with Gasteiger partial charge >= 0.3 is 0 Å². The van der Waals surface area contributed by atoms with Crippen molar-refractivity contribution in [3.05, 3.63) is 53.2 Å². The number of ether oxygens (including phenoxy) is 1. The Morgan fingerprint density at radius 1 is 1.26 bits per heavy atom. The smallest absolute Gasteiger partial charge is 0.227 e. The van der Waals surface area contributed by atoms with Gasteiger partial charge in [0.2, 0.25) is 17.6 Å². The van der Waals surface area contributed by atoms with Crippen molar-refractivity contribution < 1.29 is 14.1 Å². The Bertz CT molecular complexity index is 874. The van der Waals surface area contributed by atoms with Gasteiger partial charge in [-0.25, -0.2) is 0 Å². The molecule has 27 heavy (non-hydrogen) atoms. The number of nitrogens with zero attached hydrogens (tertiary/aromatic N) is 2. The number of rotatable bonds is 8. The van der Waals surface area contributed by atoms with Crippen molar-refractivity contribution in [2.45, 2.75) is 45.8 Å². The molecule has 1 aromatic carbocycles. The van der Waals surface area contributed by atoms with Crippen LogP contribution in [-0.4, -0.2) is 22.2 Å². The molecule has 0 spiro atoms. The van der Waals surface area contributed by atoms with Gasteiger partial charge in [-0.1, -0.05) is 23.4 Å². The van der Waals surface area contributed by atoms with E-state index in [0.717, 1.165) is 16.2 Å². The van der Waals surface area contributed by atoms with Gasteiger partial charge in [0.15, 0.2) is 0 Å². The van der Waals surface area contributed by atoms with Crippen LogP contribution in [0.3, 0.4) is 0 Å². The first kappa shape index (κ1) is 19.1. The molecule has 0 fully saturated rings. The van der Waals surface area contributed by atoms with E-state index in [1.807, 2.05) is 62.5 Å². The summed E-state index contributed by atoms with van der Waals surface area (Å²) in [7, 11) is 0. The number of benzene rings is 1. The minimum Gasteiger partial charge on any atom is -0.491 e. The molecule has 0 saturated carbocycles. The average molecular weight is 385 g/mol. The van der Waals surface area contributed by atoms with E-state index < -0.39 is 0 Å². The monoisotopic (exact) mass is 385 g/mol. The highest BCUT2D eigenvalue weighted by atomic mass is 32.1. The summed E-state index contributed by atoms with van der Waals surface area (Å²) in [6.45, 7) is 5.92. The Labute approximate surface area is 162 Å². The predicted molar refractivity (Wildman–Crippen MR) is 105 cm³/mol. The molecular formula is C20H23N3O3S. The van der Waals surface area contributed by atoms with Crippen molar-refractivity contribution in [3.8, 4) is 16.5 Å². The SMILES string of the molecule is CC(C)Oc1cccc(C(C)NC(=O)CCc2nc(-c3cccs3)no2)c1. The molecule has 1 N–H and O–H groups in total. The van der Waals surface area contributed by atoms with Crippen molar-refractivity contribution in [2.24, 2.45) is 0 Å². The molecule has 0 aliphatic heterocycles. The highest BCUT2D eigenvalue weighted by molar-refractivity contribution is 7.13. The quantitative estimate of drug-likeness (QED) is 0.622. The van der Waals surface area contributed by atoms with Crippen molar-refractivity contribution in [2.75, 3.05) is 0 Å². The first-order chi connectivity index (χ1) is 13.0. The van der Waals surface area contributed by atoms with Crippen LogP contribution in [0, 0.1) is 0 Å². The molecule has 3 rings (SSSR count). The van der Waals surface area contributed by atoms with Gasteiger partial charge in [-0.3, -0.25) is 4.79 Å². The van der Waals surface area contributed by atoms with E-state index in [1.54, 1.807) is 11.3 Å². The lowest BCUT2D eigenvalue weighted by molar-refractivity contribution is -0.121. The van der Waals surface area contributed by atoms with E-state index >= 15 is 0 Å². The van der Waals surface area contributed by atoms with E-state index in [1.165, 1.54) is 0 Å². The number of carbonyl (C=O) groups is 1. The Hall–Kier alpha value is -2.67. The van der Waals surface area contributed by atoms with Crippen LogP contribution >= 0.6 is 11.3 Å². The molecule has 1 amide bonds. The number of nitrogens with one attached hydrogen (secondary N) is 1. The Balaban J connectivity index is 1.52. The first-order valence-electron chi connectivity index (χ1n) is 8.93. The van der Waals surface area contributed by atoms with Crippen molar-refractivity contribution in [3.63, 3.8) is 0 Å². The third-order valence-electron chi connectivity index (χ3n) is 3.88. The zero-order chi connectivity index (χ0) is 19.2. The number of amides is 1. The van der Waals surface area contributed by atoms with Crippen molar-refractivity contribution in [1.82, 2.24) is 15.5 Å². The fourth-order valence-corrected chi connectivity index (χ4v) is 3.26. The number of hydrogen-bond donors (Lipinski definition) is 1. The maximum absolute atomic E-state index is 12.3. The maximum Gasteiger partial charge on any atom is 0.227 e. The van der Waals surface area contributed by atoms with E-state index in [0.29, 0.717) is 24.6 Å². The highest BCUT2D eigenvalue weighted by Crippen LogP contribution is 2.22. The number of aryl methyl sites for hydroxylation is 1. The van der Waals surface area contributed by atoms with Gasteiger partial charge in [0.25, 0.3) is 0 Å². The fourth-order valence-electron chi connectivity index (χ4n) is 2.61. The number of aromatic nitrogens is 2. The lowest BCUT2D eigenvalue weighted by Gasteiger charge is -2.16. The van der Waals surface area contributed by atoms with Gasteiger partial charge in [-0.05, 0) is 49.9 Å². The molecule has 2 heterocycles. The zero-order valence-corrected chi connectivity index (χ0v) is 16.5. The van der Waals surface area contributed by atoms with Gasteiger partial charge < -0.3 is 14.6 Å². The minimum atomic E-state index is -0.113. The maximum atomic E-state index is 12.3. The molecule has 0 aliphatic rings. The summed E-state index contributed by atoms with van der Waals surface area (Å²) in [4.78, 5) is 17.6. The zero-order valence-electron chi connectivity index (χ0n) is 15.6. The molecule has 0 aliphatic carbocycles. The molecule has 1 atom stereocenters. The third-order valence-corrected chi connectivity index (χ3v) is 4.75. The summed E-state index contributed by atoms with van der Waals surface area (Å²) in [6.07, 6.45) is 0.810. The average Bonchev–Trinajstić information content (AvgIpc) is 3.31. The summed E-state index contributed by atoms with van der Waals surface area (Å²) in [6, 6.07) is 11.5. The fraction of sp³-hybridized carbons (Fsp3) is 0.350. The molecule has 0 radical (unpaired) electrons. The van der Waals surface area contributed by atoms with E-state index in [9.17, 15) is 4.79 Å². The van der Waals surface area contributed by atoms with Crippen LogP contribution in [0.15, 0.2) is 46.3 Å². The molecule has 2 aromatic heterocycles. The molecule has 6 nitrogen and oxygen atoms in total. The van der Waals surface area contributed by atoms with Crippen LogP contribution in [-0.2, 0) is 11.2 Å². The van der Waals surface area contributed by atoms with Crippen LogP contribution < -0.4 is 10.1 Å². The molecule has 1 unspecified atom stereocenters. The van der Waals surface area contributed by atoms with Gasteiger partial charge in [-0.2, -0.15) is 4.98 Å². The van der Waals surface area contributed by atoms with Crippen molar-refractivity contribution >= 4 is 17.2 Å². The second kappa shape index (κ2) is 8.81. The van der Waals surface area contributed by atoms with Crippen LogP contribution in [0.25, 0.3) is 10.7 Å². The van der Waals surface area contributed by atoms with Gasteiger partial charge in [-0.15, -0.1) is 11.3 Å². The molecule has 3 aromatic rings. The Kier molecular flexibility index (Phi) is 6.24. The van der Waals surface area contributed by atoms with Crippen LogP contribution in [0.1, 0.15) is 44.7 Å². The number of thiophene rings is 1. The van der Waals surface area contributed by atoms with E-state index in [4.69, 9.17) is 9.26 Å². The molecular weight excluding hydrogens is 362 g/mol. The van der Waals surface area contributed by atoms with Crippen molar-refractivity contribution in [1.29, 1.82) is 0 Å². The number of hydrogen-bond acceptors (Lipinski definition) is 6. The van der Waals surface area contributed by atoms with E-state index in [-0.39, 0.29) is 18.1 Å². The topological polar surface area (TPSA) is 77.2 Å². The molecule has 0 bridgehead atoms. The second-order valence-electron chi connectivity index (χ2n) is 6.52. The lowest BCUT2D eigenvalue weighted by Crippen LogP contribution is -2.26. The summed E-state index contributed by atoms with van der Waals surface area (Å²) >= 11 is 1.55. The highest BCUT2D eigenvalue weighted by Gasteiger charge is 2.14. The largest absolute Gasteiger partial charge is 0.491 e. The van der Waals surface area contributed by atoms with Crippen LogP contribution in [0.4, 0.5) is 0 Å². The van der Waals surface area contributed by atoms with Crippen LogP contribution in [0.2, 0.25) is 0 Å². The van der Waals surface area contributed by atoms with Crippen LogP contribution in [0.5, 0.6) is 5.75 Å². The van der Waals surface area contributed by atoms with Gasteiger partial charge in [0, 0.05) is 12.8 Å². The molecule has 0 saturated heterocycles. The summed E-state index contributed by atoms with van der Waals surface area (Å²) < 4.78 is 10.9. The standard InChI is InChI=1S/C20H23N3O3S/c1-13(2)25-16-7-4-6-15(12-16)14(3)21-18(24)9-10-19-22-20(23-26-19)17-8-5-11-27-17/h4-8,11-14H,9-10H2,1-3H3,(H,21,24). The summed E-state index contributed by atoms with van der Waals surface area (Å²) in [5.41, 5.74) is 0.999.